The number of fused-ring (bicyclic) bond motifs is 5. The average molecular weight is 199 g/mol. The van der Waals surface area contributed by atoms with Gasteiger partial charge in [0.15, 0.2) is 0 Å². The maximum Gasteiger partial charge on any atom is 0.0547 e. The van der Waals surface area contributed by atoms with Gasteiger partial charge in [0.05, 0.1) is 12.1 Å². The number of hydrogen-bond acceptors (Lipinski definition) is 1. The molecule has 2 unspecified atom stereocenters. The maximum absolute atomic E-state index is 2.63. The standard InChI is InChI=1S/C14H17N/c1-3-10(2)15-13-8-9-14(15)12-7-5-4-6-11(12)13/h4-10,13-14H,3H2,1-2H3/t10-,13?,14?/m0/s1. The summed E-state index contributed by atoms with van der Waals surface area (Å²) in [6.45, 7) is 4.60. The molecule has 1 aromatic rings. The third kappa shape index (κ3) is 1.13. The first-order valence-electron chi connectivity index (χ1n) is 5.87. The Bertz CT molecular complexity index is 375. The zero-order valence-corrected chi connectivity index (χ0v) is 9.35. The molecule has 0 spiro atoms. The number of nitrogens with zero attached hydrogens (tertiary/aromatic N) is 1. The van der Waals surface area contributed by atoms with Gasteiger partial charge < -0.3 is 0 Å². The highest BCUT2D eigenvalue weighted by Gasteiger charge is 2.41. The Morgan fingerprint density at radius 3 is 2.13 bits per heavy atom. The summed E-state index contributed by atoms with van der Waals surface area (Å²) in [6, 6.07) is 10.6. The number of benzene rings is 1. The van der Waals surface area contributed by atoms with Crippen LogP contribution in [0, 0.1) is 0 Å². The van der Waals surface area contributed by atoms with Crippen molar-refractivity contribution in [2.75, 3.05) is 0 Å². The van der Waals surface area contributed by atoms with Gasteiger partial charge >= 0.3 is 0 Å². The first-order chi connectivity index (χ1) is 7.33. The minimum Gasteiger partial charge on any atom is -0.280 e. The van der Waals surface area contributed by atoms with Crippen molar-refractivity contribution in [3.63, 3.8) is 0 Å². The molecule has 0 saturated heterocycles. The first-order valence-corrected chi connectivity index (χ1v) is 5.87. The Morgan fingerprint density at radius 1 is 1.13 bits per heavy atom. The highest BCUT2D eigenvalue weighted by Crippen LogP contribution is 2.49. The molecule has 2 aliphatic rings. The van der Waals surface area contributed by atoms with Gasteiger partial charge in [-0.15, -0.1) is 0 Å². The Hall–Kier alpha value is -1.08. The van der Waals surface area contributed by atoms with E-state index in [9.17, 15) is 0 Å². The van der Waals surface area contributed by atoms with Crippen LogP contribution in [-0.2, 0) is 0 Å². The molecule has 2 aliphatic heterocycles. The molecule has 0 saturated carbocycles. The van der Waals surface area contributed by atoms with Crippen molar-refractivity contribution in [3.8, 4) is 0 Å². The molecule has 78 valence electrons. The lowest BCUT2D eigenvalue weighted by Crippen LogP contribution is -2.29. The van der Waals surface area contributed by atoms with Crippen LogP contribution >= 0.6 is 0 Å². The van der Waals surface area contributed by atoms with Crippen LogP contribution in [0.1, 0.15) is 43.5 Å². The summed E-state index contributed by atoms with van der Waals surface area (Å²) in [6.07, 6.45) is 5.95. The Labute approximate surface area is 91.4 Å². The molecule has 0 amide bonds. The SMILES string of the molecule is CC[C@H](C)N1C2C=CC1c1ccccc12. The van der Waals surface area contributed by atoms with E-state index >= 15 is 0 Å². The van der Waals surface area contributed by atoms with Crippen molar-refractivity contribution in [3.05, 3.63) is 47.5 Å². The van der Waals surface area contributed by atoms with Crippen molar-refractivity contribution < 1.29 is 0 Å². The maximum atomic E-state index is 2.63. The molecule has 3 atom stereocenters. The molecule has 0 fully saturated rings. The third-order valence-electron chi connectivity index (χ3n) is 3.85. The molecule has 15 heavy (non-hydrogen) atoms. The largest absolute Gasteiger partial charge is 0.280 e. The van der Waals surface area contributed by atoms with Crippen molar-refractivity contribution in [2.45, 2.75) is 38.4 Å². The van der Waals surface area contributed by atoms with Crippen molar-refractivity contribution in [2.24, 2.45) is 0 Å². The molecular weight excluding hydrogens is 182 g/mol. The monoisotopic (exact) mass is 199 g/mol. The van der Waals surface area contributed by atoms with Gasteiger partial charge in [-0.2, -0.15) is 0 Å². The van der Waals surface area contributed by atoms with Gasteiger partial charge in [-0.05, 0) is 24.5 Å². The summed E-state index contributed by atoms with van der Waals surface area (Å²) in [7, 11) is 0. The van der Waals surface area contributed by atoms with Gasteiger partial charge in [0.25, 0.3) is 0 Å². The second kappa shape index (κ2) is 3.21. The van der Waals surface area contributed by atoms with E-state index in [1.165, 1.54) is 17.5 Å². The molecule has 0 N–H and O–H groups in total. The van der Waals surface area contributed by atoms with Crippen LogP contribution in [-0.4, -0.2) is 10.9 Å². The van der Waals surface area contributed by atoms with E-state index < -0.39 is 0 Å². The summed E-state index contributed by atoms with van der Waals surface area (Å²) in [4.78, 5) is 2.63. The summed E-state index contributed by atoms with van der Waals surface area (Å²) in [5.74, 6) is 0. The fourth-order valence-electron chi connectivity index (χ4n) is 2.92. The molecule has 0 aromatic heterocycles. The van der Waals surface area contributed by atoms with Crippen LogP contribution in [0.2, 0.25) is 0 Å². The predicted octanol–water partition coefficient (Wildman–Crippen LogP) is 3.45. The summed E-state index contributed by atoms with van der Waals surface area (Å²) >= 11 is 0. The molecule has 2 heterocycles. The zero-order valence-electron chi connectivity index (χ0n) is 9.35. The molecule has 3 rings (SSSR count). The minimum absolute atomic E-state index is 0.543. The second-order valence-electron chi connectivity index (χ2n) is 4.61. The normalized spacial score (nSPS) is 29.5. The Morgan fingerprint density at radius 2 is 1.67 bits per heavy atom. The van der Waals surface area contributed by atoms with Gasteiger partial charge in [-0.1, -0.05) is 43.3 Å². The van der Waals surface area contributed by atoms with Crippen LogP contribution in [0.4, 0.5) is 0 Å². The average Bonchev–Trinajstić information content (AvgIpc) is 2.84. The van der Waals surface area contributed by atoms with Crippen molar-refractivity contribution >= 4 is 0 Å². The van der Waals surface area contributed by atoms with E-state index in [0.29, 0.717) is 18.1 Å². The summed E-state index contributed by atoms with van der Waals surface area (Å²) < 4.78 is 0. The van der Waals surface area contributed by atoms with Gasteiger partial charge in [0, 0.05) is 6.04 Å². The number of hydrogen-bond donors (Lipinski definition) is 0. The van der Waals surface area contributed by atoms with E-state index in [1.807, 2.05) is 0 Å². The molecular formula is C14H17N. The molecule has 1 aromatic carbocycles. The fourth-order valence-corrected chi connectivity index (χ4v) is 2.92. The molecule has 2 bridgehead atoms. The molecule has 0 radical (unpaired) electrons. The van der Waals surface area contributed by atoms with Crippen LogP contribution < -0.4 is 0 Å². The fraction of sp³-hybridized carbons (Fsp3) is 0.429. The molecule has 0 aliphatic carbocycles. The smallest absolute Gasteiger partial charge is 0.0547 e. The van der Waals surface area contributed by atoms with Crippen LogP contribution in [0.3, 0.4) is 0 Å². The molecule has 1 nitrogen and oxygen atoms in total. The van der Waals surface area contributed by atoms with Gasteiger partial charge in [-0.3, -0.25) is 4.90 Å². The third-order valence-corrected chi connectivity index (χ3v) is 3.85. The van der Waals surface area contributed by atoms with Crippen LogP contribution in [0.15, 0.2) is 36.4 Å². The zero-order chi connectivity index (χ0) is 10.4. The van der Waals surface area contributed by atoms with Gasteiger partial charge in [0.1, 0.15) is 0 Å². The highest BCUT2D eigenvalue weighted by molar-refractivity contribution is 5.46. The Balaban J connectivity index is 2.03. The van der Waals surface area contributed by atoms with E-state index in [1.54, 1.807) is 0 Å². The van der Waals surface area contributed by atoms with E-state index in [2.05, 4.69) is 55.2 Å². The van der Waals surface area contributed by atoms with Crippen molar-refractivity contribution in [1.82, 2.24) is 4.90 Å². The van der Waals surface area contributed by atoms with Crippen LogP contribution in [0.25, 0.3) is 0 Å². The van der Waals surface area contributed by atoms with Gasteiger partial charge in [0.2, 0.25) is 0 Å². The first kappa shape index (κ1) is 9.17. The Kier molecular flexibility index (Phi) is 1.96. The lowest BCUT2D eigenvalue weighted by atomic mass is 9.97. The van der Waals surface area contributed by atoms with E-state index in [-0.39, 0.29) is 0 Å². The summed E-state index contributed by atoms with van der Waals surface area (Å²) in [5, 5.41) is 0. The predicted molar refractivity (Wildman–Crippen MR) is 62.7 cm³/mol. The number of rotatable bonds is 2. The summed E-state index contributed by atoms with van der Waals surface area (Å²) in [5.41, 5.74) is 3.04. The van der Waals surface area contributed by atoms with E-state index in [4.69, 9.17) is 0 Å². The topological polar surface area (TPSA) is 3.24 Å². The van der Waals surface area contributed by atoms with Crippen LogP contribution in [0.5, 0.6) is 0 Å². The van der Waals surface area contributed by atoms with E-state index in [0.717, 1.165) is 0 Å². The lowest BCUT2D eigenvalue weighted by Gasteiger charge is -2.28. The van der Waals surface area contributed by atoms with Crippen molar-refractivity contribution in [1.29, 1.82) is 0 Å². The lowest BCUT2D eigenvalue weighted by molar-refractivity contribution is 0.171. The highest BCUT2D eigenvalue weighted by atomic mass is 15.2. The second-order valence-corrected chi connectivity index (χ2v) is 4.61. The van der Waals surface area contributed by atoms with Gasteiger partial charge in [-0.25, -0.2) is 0 Å². The quantitative estimate of drug-likeness (QED) is 0.659. The minimum atomic E-state index is 0.543. The molecule has 1 heteroatoms.